The number of amides is 2. The van der Waals surface area contributed by atoms with Crippen LogP contribution in [-0.2, 0) is 4.79 Å². The quantitative estimate of drug-likeness (QED) is 0.828. The van der Waals surface area contributed by atoms with E-state index in [9.17, 15) is 9.59 Å². The van der Waals surface area contributed by atoms with Crippen LogP contribution in [0.1, 0.15) is 42.7 Å². The molecular formula is C19H21N3O2. The third kappa shape index (κ3) is 5.05. The Morgan fingerprint density at radius 3 is 2.25 bits per heavy atom. The second kappa shape index (κ2) is 8.06. The molecule has 0 spiro atoms. The molecule has 0 unspecified atom stereocenters. The van der Waals surface area contributed by atoms with Crippen molar-refractivity contribution in [1.82, 2.24) is 10.3 Å². The Kier molecular flexibility index (Phi) is 5.84. The van der Waals surface area contributed by atoms with Crippen LogP contribution >= 0.6 is 0 Å². The van der Waals surface area contributed by atoms with Gasteiger partial charge < -0.3 is 10.6 Å². The molecule has 0 saturated carbocycles. The number of pyridine rings is 1. The lowest BCUT2D eigenvalue weighted by molar-refractivity contribution is -0.117. The third-order valence-electron chi connectivity index (χ3n) is 3.39. The topological polar surface area (TPSA) is 71.1 Å². The van der Waals surface area contributed by atoms with Crippen LogP contribution in [0.4, 0.5) is 5.69 Å². The summed E-state index contributed by atoms with van der Waals surface area (Å²) in [6.45, 7) is 5.68. The standard InChI is InChI=1S/C19H21N3O2/c1-13(2)12-18(23)21-14(3)15-4-6-17(7-5-15)22-19(24)16-8-10-20-11-9-16/h4-12,14H,1-3H3,(H,21,23)(H,22,24)/t14-/m1/s1. The first kappa shape index (κ1) is 17.4. The van der Waals surface area contributed by atoms with Crippen molar-refractivity contribution in [2.45, 2.75) is 26.8 Å². The molecule has 2 amide bonds. The summed E-state index contributed by atoms with van der Waals surface area (Å²) in [7, 11) is 0. The molecular weight excluding hydrogens is 302 g/mol. The van der Waals surface area contributed by atoms with E-state index >= 15 is 0 Å². The van der Waals surface area contributed by atoms with Gasteiger partial charge in [0.15, 0.2) is 0 Å². The maximum absolute atomic E-state index is 12.1. The van der Waals surface area contributed by atoms with Crippen LogP contribution in [0.3, 0.4) is 0 Å². The zero-order valence-corrected chi connectivity index (χ0v) is 14.0. The van der Waals surface area contributed by atoms with Gasteiger partial charge in [-0.3, -0.25) is 14.6 Å². The molecule has 1 aromatic carbocycles. The maximum atomic E-state index is 12.1. The number of aromatic nitrogens is 1. The van der Waals surface area contributed by atoms with Gasteiger partial charge in [-0.2, -0.15) is 0 Å². The van der Waals surface area contributed by atoms with Crippen molar-refractivity contribution in [3.8, 4) is 0 Å². The summed E-state index contributed by atoms with van der Waals surface area (Å²) < 4.78 is 0. The van der Waals surface area contributed by atoms with Gasteiger partial charge >= 0.3 is 0 Å². The maximum Gasteiger partial charge on any atom is 0.255 e. The lowest BCUT2D eigenvalue weighted by Crippen LogP contribution is -2.24. The molecule has 2 N–H and O–H groups in total. The Morgan fingerprint density at radius 1 is 1.04 bits per heavy atom. The summed E-state index contributed by atoms with van der Waals surface area (Å²) >= 11 is 0. The van der Waals surface area contributed by atoms with E-state index in [4.69, 9.17) is 0 Å². The molecule has 24 heavy (non-hydrogen) atoms. The van der Waals surface area contributed by atoms with Gasteiger partial charge in [-0.25, -0.2) is 0 Å². The molecule has 2 rings (SSSR count). The summed E-state index contributed by atoms with van der Waals surface area (Å²) in [4.78, 5) is 27.7. The van der Waals surface area contributed by atoms with E-state index in [1.165, 1.54) is 0 Å². The lowest BCUT2D eigenvalue weighted by Gasteiger charge is -2.14. The highest BCUT2D eigenvalue weighted by atomic mass is 16.2. The number of hydrogen-bond acceptors (Lipinski definition) is 3. The van der Waals surface area contributed by atoms with Crippen molar-refractivity contribution >= 4 is 17.5 Å². The first-order valence-electron chi connectivity index (χ1n) is 7.72. The van der Waals surface area contributed by atoms with Crippen molar-refractivity contribution in [2.75, 3.05) is 5.32 Å². The monoisotopic (exact) mass is 323 g/mol. The molecule has 0 saturated heterocycles. The fourth-order valence-electron chi connectivity index (χ4n) is 2.16. The number of hydrogen-bond donors (Lipinski definition) is 2. The van der Waals surface area contributed by atoms with Crippen LogP contribution in [0.15, 0.2) is 60.4 Å². The molecule has 0 aliphatic rings. The van der Waals surface area contributed by atoms with E-state index in [0.29, 0.717) is 11.3 Å². The van der Waals surface area contributed by atoms with Gasteiger partial charge in [-0.05, 0) is 50.6 Å². The normalized spacial score (nSPS) is 11.3. The Labute approximate surface area is 141 Å². The average Bonchev–Trinajstić information content (AvgIpc) is 2.55. The molecule has 0 fully saturated rings. The molecule has 0 aliphatic heterocycles. The van der Waals surface area contributed by atoms with Crippen molar-refractivity contribution in [1.29, 1.82) is 0 Å². The van der Waals surface area contributed by atoms with Gasteiger partial charge in [0.25, 0.3) is 5.91 Å². The number of carbonyl (C=O) groups is 2. The van der Waals surface area contributed by atoms with E-state index in [0.717, 1.165) is 11.1 Å². The van der Waals surface area contributed by atoms with Crippen LogP contribution in [-0.4, -0.2) is 16.8 Å². The first-order valence-corrected chi connectivity index (χ1v) is 7.72. The highest BCUT2D eigenvalue weighted by Gasteiger charge is 2.09. The van der Waals surface area contributed by atoms with E-state index in [1.54, 1.807) is 30.6 Å². The zero-order chi connectivity index (χ0) is 17.5. The Morgan fingerprint density at radius 2 is 1.67 bits per heavy atom. The predicted octanol–water partition coefficient (Wildman–Crippen LogP) is 3.48. The van der Waals surface area contributed by atoms with Gasteiger partial charge in [0.05, 0.1) is 6.04 Å². The summed E-state index contributed by atoms with van der Waals surface area (Å²) in [5, 5.41) is 5.73. The molecule has 1 heterocycles. The molecule has 5 nitrogen and oxygen atoms in total. The number of carbonyl (C=O) groups excluding carboxylic acids is 2. The Balaban J connectivity index is 1.99. The van der Waals surface area contributed by atoms with Gasteiger partial charge in [-0.1, -0.05) is 17.7 Å². The minimum Gasteiger partial charge on any atom is -0.346 e. The van der Waals surface area contributed by atoms with E-state index < -0.39 is 0 Å². The minimum atomic E-state index is -0.185. The van der Waals surface area contributed by atoms with Crippen LogP contribution < -0.4 is 10.6 Å². The minimum absolute atomic E-state index is 0.113. The largest absolute Gasteiger partial charge is 0.346 e. The molecule has 0 bridgehead atoms. The fourth-order valence-corrected chi connectivity index (χ4v) is 2.16. The van der Waals surface area contributed by atoms with Crippen LogP contribution in [0, 0.1) is 0 Å². The van der Waals surface area contributed by atoms with Crippen LogP contribution in [0.2, 0.25) is 0 Å². The second-order valence-electron chi connectivity index (χ2n) is 5.76. The predicted molar refractivity (Wildman–Crippen MR) is 94.6 cm³/mol. The van der Waals surface area contributed by atoms with Crippen molar-refractivity contribution < 1.29 is 9.59 Å². The van der Waals surface area contributed by atoms with Crippen LogP contribution in [0.25, 0.3) is 0 Å². The summed E-state index contributed by atoms with van der Waals surface area (Å²) in [6.07, 6.45) is 4.73. The number of rotatable bonds is 5. The Hall–Kier alpha value is -2.95. The Bertz CT molecular complexity index is 733. The third-order valence-corrected chi connectivity index (χ3v) is 3.39. The summed E-state index contributed by atoms with van der Waals surface area (Å²) in [6, 6.07) is 10.6. The summed E-state index contributed by atoms with van der Waals surface area (Å²) in [5.41, 5.74) is 3.17. The number of anilines is 1. The molecule has 2 aromatic rings. The van der Waals surface area contributed by atoms with Gasteiger partial charge in [0.1, 0.15) is 0 Å². The number of nitrogens with one attached hydrogen (secondary N) is 2. The molecule has 1 atom stereocenters. The first-order chi connectivity index (χ1) is 11.5. The average molecular weight is 323 g/mol. The van der Waals surface area contributed by atoms with E-state index in [-0.39, 0.29) is 17.9 Å². The SMILES string of the molecule is CC(C)=CC(=O)N[C@H](C)c1ccc(NC(=O)c2ccncc2)cc1. The zero-order valence-electron chi connectivity index (χ0n) is 14.0. The van der Waals surface area contributed by atoms with Gasteiger partial charge in [-0.15, -0.1) is 0 Å². The molecule has 1 aromatic heterocycles. The van der Waals surface area contributed by atoms with Gasteiger partial charge in [0.2, 0.25) is 5.91 Å². The van der Waals surface area contributed by atoms with Crippen LogP contribution in [0.5, 0.6) is 0 Å². The number of allylic oxidation sites excluding steroid dienone is 1. The second-order valence-corrected chi connectivity index (χ2v) is 5.76. The van der Waals surface area contributed by atoms with Crippen molar-refractivity contribution in [3.05, 3.63) is 71.6 Å². The highest BCUT2D eigenvalue weighted by molar-refractivity contribution is 6.04. The fraction of sp³-hybridized carbons (Fsp3) is 0.211. The smallest absolute Gasteiger partial charge is 0.255 e. The van der Waals surface area contributed by atoms with E-state index in [1.807, 2.05) is 45.0 Å². The van der Waals surface area contributed by atoms with Crippen molar-refractivity contribution in [3.63, 3.8) is 0 Å². The highest BCUT2D eigenvalue weighted by Crippen LogP contribution is 2.17. The molecule has 5 heteroatoms. The number of nitrogens with zero attached hydrogens (tertiary/aromatic N) is 1. The number of benzene rings is 1. The molecule has 124 valence electrons. The summed E-state index contributed by atoms with van der Waals surface area (Å²) in [5.74, 6) is -0.298. The molecule has 0 aliphatic carbocycles. The van der Waals surface area contributed by atoms with Gasteiger partial charge in [0, 0.05) is 29.7 Å². The van der Waals surface area contributed by atoms with Crippen molar-refractivity contribution in [2.24, 2.45) is 0 Å². The van der Waals surface area contributed by atoms with E-state index in [2.05, 4.69) is 15.6 Å². The molecule has 0 radical (unpaired) electrons. The lowest BCUT2D eigenvalue weighted by atomic mass is 10.1.